The van der Waals surface area contributed by atoms with Gasteiger partial charge in [-0.1, -0.05) is 6.08 Å². The summed E-state index contributed by atoms with van der Waals surface area (Å²) in [7, 11) is 0. The molecular formula is C9H14N4O. The highest BCUT2D eigenvalue weighted by Crippen LogP contribution is 2.03. The van der Waals surface area contributed by atoms with Crippen molar-refractivity contribution in [2.24, 2.45) is 0 Å². The number of carbonyl (C=O) groups is 1. The predicted octanol–water partition coefficient (Wildman–Crippen LogP) is 0.841. The van der Waals surface area contributed by atoms with E-state index in [0.29, 0.717) is 6.54 Å². The molecule has 0 aliphatic carbocycles. The van der Waals surface area contributed by atoms with E-state index in [-0.39, 0.29) is 17.8 Å². The Morgan fingerprint density at radius 2 is 2.50 bits per heavy atom. The fourth-order valence-electron chi connectivity index (χ4n) is 1.11. The zero-order valence-corrected chi connectivity index (χ0v) is 8.40. The van der Waals surface area contributed by atoms with Crippen molar-refractivity contribution in [3.05, 3.63) is 24.8 Å². The number of hydrogen-bond donors (Lipinski definition) is 1. The van der Waals surface area contributed by atoms with Crippen LogP contribution in [0.2, 0.25) is 0 Å². The van der Waals surface area contributed by atoms with E-state index in [2.05, 4.69) is 21.8 Å². The average Bonchev–Trinajstić information content (AvgIpc) is 2.65. The van der Waals surface area contributed by atoms with E-state index in [1.54, 1.807) is 11.0 Å². The molecule has 0 unspecified atom stereocenters. The molecule has 0 spiro atoms. The van der Waals surface area contributed by atoms with Gasteiger partial charge in [0.15, 0.2) is 0 Å². The highest BCUT2D eigenvalue weighted by Gasteiger charge is 2.19. The fourth-order valence-corrected chi connectivity index (χ4v) is 1.11. The summed E-state index contributed by atoms with van der Waals surface area (Å²) >= 11 is 0. The maximum absolute atomic E-state index is 11.8. The third-order valence-electron chi connectivity index (χ3n) is 1.83. The van der Waals surface area contributed by atoms with E-state index in [1.807, 2.05) is 13.8 Å². The van der Waals surface area contributed by atoms with E-state index in [9.17, 15) is 4.79 Å². The summed E-state index contributed by atoms with van der Waals surface area (Å²) in [5.74, 6) is 0.109. The van der Waals surface area contributed by atoms with Crippen molar-refractivity contribution in [1.82, 2.24) is 20.1 Å². The van der Waals surface area contributed by atoms with Crippen LogP contribution >= 0.6 is 0 Å². The molecule has 0 saturated carbocycles. The van der Waals surface area contributed by atoms with Gasteiger partial charge in [-0.15, -0.1) is 6.58 Å². The van der Waals surface area contributed by atoms with Crippen LogP contribution in [-0.4, -0.2) is 38.6 Å². The van der Waals surface area contributed by atoms with Crippen molar-refractivity contribution in [1.29, 1.82) is 0 Å². The third-order valence-corrected chi connectivity index (χ3v) is 1.83. The number of nitrogens with zero attached hydrogens (tertiary/aromatic N) is 3. The molecule has 5 heteroatoms. The molecular weight excluding hydrogens is 180 g/mol. The molecule has 1 amide bonds. The van der Waals surface area contributed by atoms with E-state index < -0.39 is 0 Å². The Balaban J connectivity index is 2.79. The molecule has 5 nitrogen and oxygen atoms in total. The lowest BCUT2D eigenvalue weighted by atomic mass is 10.3. The first-order valence-electron chi connectivity index (χ1n) is 4.44. The van der Waals surface area contributed by atoms with Crippen molar-refractivity contribution >= 4 is 5.91 Å². The van der Waals surface area contributed by atoms with E-state index >= 15 is 0 Å². The second-order valence-electron chi connectivity index (χ2n) is 3.17. The second-order valence-corrected chi connectivity index (χ2v) is 3.17. The van der Waals surface area contributed by atoms with Crippen molar-refractivity contribution in [3.8, 4) is 0 Å². The van der Waals surface area contributed by atoms with E-state index in [1.165, 1.54) is 6.33 Å². The Morgan fingerprint density at radius 3 is 2.93 bits per heavy atom. The molecule has 0 fully saturated rings. The van der Waals surface area contributed by atoms with Gasteiger partial charge in [0.1, 0.15) is 6.33 Å². The van der Waals surface area contributed by atoms with Gasteiger partial charge in [-0.3, -0.25) is 9.89 Å². The molecule has 0 radical (unpaired) electrons. The van der Waals surface area contributed by atoms with Gasteiger partial charge in [0.25, 0.3) is 5.91 Å². The number of rotatable bonds is 4. The molecule has 1 heterocycles. The van der Waals surface area contributed by atoms with Crippen LogP contribution in [0.4, 0.5) is 0 Å². The van der Waals surface area contributed by atoms with Crippen LogP contribution in [0.1, 0.15) is 24.5 Å². The molecule has 0 aromatic carbocycles. The highest BCUT2D eigenvalue weighted by molar-refractivity contribution is 5.90. The topological polar surface area (TPSA) is 61.9 Å². The lowest BCUT2D eigenvalue weighted by Gasteiger charge is -2.23. The summed E-state index contributed by atoms with van der Waals surface area (Å²) in [6.07, 6.45) is 3.01. The zero-order chi connectivity index (χ0) is 10.6. The van der Waals surface area contributed by atoms with E-state index in [0.717, 1.165) is 0 Å². The normalized spacial score (nSPS) is 10.2. The minimum Gasteiger partial charge on any atom is -0.330 e. The second kappa shape index (κ2) is 4.55. The molecule has 0 bridgehead atoms. The van der Waals surface area contributed by atoms with Gasteiger partial charge in [-0.05, 0) is 13.8 Å². The van der Waals surface area contributed by atoms with Crippen molar-refractivity contribution in [3.63, 3.8) is 0 Å². The van der Waals surface area contributed by atoms with Crippen LogP contribution in [0.15, 0.2) is 19.0 Å². The largest absolute Gasteiger partial charge is 0.330 e. The lowest BCUT2D eigenvalue weighted by molar-refractivity contribution is 0.0717. The molecule has 0 aliphatic rings. The van der Waals surface area contributed by atoms with Gasteiger partial charge in [-0.2, -0.15) is 5.10 Å². The van der Waals surface area contributed by atoms with Gasteiger partial charge in [0, 0.05) is 12.6 Å². The zero-order valence-electron chi connectivity index (χ0n) is 8.40. The standard InChI is InChI=1S/C9H14N4O/c1-4-5-13(7(2)3)9(14)8-10-6-11-12-8/h4,6-7H,1,5H2,2-3H3,(H,10,11,12). The fraction of sp³-hybridized carbons (Fsp3) is 0.444. The summed E-state index contributed by atoms with van der Waals surface area (Å²) in [5, 5.41) is 6.18. The first-order chi connectivity index (χ1) is 6.66. The number of hydrogen-bond acceptors (Lipinski definition) is 3. The van der Waals surface area contributed by atoms with Crippen molar-refractivity contribution in [2.75, 3.05) is 6.54 Å². The number of H-pyrrole nitrogens is 1. The van der Waals surface area contributed by atoms with Gasteiger partial charge in [-0.25, -0.2) is 4.98 Å². The number of aromatic nitrogens is 3. The Labute approximate surface area is 82.8 Å². The Morgan fingerprint density at radius 1 is 1.79 bits per heavy atom. The molecule has 1 rings (SSSR count). The highest BCUT2D eigenvalue weighted by atomic mass is 16.2. The summed E-state index contributed by atoms with van der Waals surface area (Å²) in [6.45, 7) is 8.00. The lowest BCUT2D eigenvalue weighted by Crippen LogP contribution is -2.37. The van der Waals surface area contributed by atoms with Crippen molar-refractivity contribution in [2.45, 2.75) is 19.9 Å². The van der Waals surface area contributed by atoms with Crippen LogP contribution in [0.25, 0.3) is 0 Å². The van der Waals surface area contributed by atoms with Crippen LogP contribution in [0.3, 0.4) is 0 Å². The first kappa shape index (κ1) is 10.4. The molecule has 76 valence electrons. The van der Waals surface area contributed by atoms with Crippen molar-refractivity contribution < 1.29 is 4.79 Å². The number of nitrogens with one attached hydrogen (secondary N) is 1. The van der Waals surface area contributed by atoms with Crippen LogP contribution in [0.5, 0.6) is 0 Å². The van der Waals surface area contributed by atoms with Gasteiger partial charge in [0.05, 0.1) is 0 Å². The average molecular weight is 194 g/mol. The SMILES string of the molecule is C=CCN(C(=O)c1ncn[nH]1)C(C)C. The first-order valence-corrected chi connectivity index (χ1v) is 4.44. The smallest absolute Gasteiger partial charge is 0.291 e. The summed E-state index contributed by atoms with van der Waals surface area (Å²) in [5.41, 5.74) is 0. The van der Waals surface area contributed by atoms with Gasteiger partial charge in [0.2, 0.25) is 5.82 Å². The molecule has 0 atom stereocenters. The predicted molar refractivity (Wildman–Crippen MR) is 52.8 cm³/mol. The Hall–Kier alpha value is -1.65. The summed E-state index contributed by atoms with van der Waals surface area (Å²) < 4.78 is 0. The summed E-state index contributed by atoms with van der Waals surface area (Å²) in [4.78, 5) is 17.3. The minimum atomic E-state index is -0.155. The van der Waals surface area contributed by atoms with Crippen LogP contribution in [-0.2, 0) is 0 Å². The molecule has 1 aromatic heterocycles. The Kier molecular flexibility index (Phi) is 3.39. The molecule has 1 N–H and O–H groups in total. The third kappa shape index (κ3) is 2.18. The molecule has 1 aromatic rings. The van der Waals surface area contributed by atoms with Gasteiger partial charge >= 0.3 is 0 Å². The molecule has 0 aliphatic heterocycles. The number of carbonyl (C=O) groups excluding carboxylic acids is 1. The van der Waals surface area contributed by atoms with E-state index in [4.69, 9.17) is 0 Å². The Bertz CT molecular complexity index is 305. The number of amides is 1. The monoisotopic (exact) mass is 194 g/mol. The van der Waals surface area contributed by atoms with Crippen LogP contribution < -0.4 is 0 Å². The molecule has 0 saturated heterocycles. The number of aromatic amines is 1. The quantitative estimate of drug-likeness (QED) is 0.722. The maximum atomic E-state index is 11.8. The van der Waals surface area contributed by atoms with Gasteiger partial charge < -0.3 is 4.90 Å². The van der Waals surface area contributed by atoms with Crippen LogP contribution in [0, 0.1) is 0 Å². The molecule has 14 heavy (non-hydrogen) atoms. The summed E-state index contributed by atoms with van der Waals surface area (Å²) in [6, 6.07) is 0.116. The maximum Gasteiger partial charge on any atom is 0.291 e. The minimum absolute atomic E-state index is 0.116.